The third-order valence-electron chi connectivity index (χ3n) is 3.29. The van der Waals surface area contributed by atoms with Crippen LogP contribution in [0.15, 0.2) is 30.3 Å². The molecule has 1 N–H and O–H groups in total. The van der Waals surface area contributed by atoms with Gasteiger partial charge >= 0.3 is 6.03 Å². The maximum atomic E-state index is 12.2. The van der Waals surface area contributed by atoms with E-state index in [1.165, 1.54) is 5.56 Å². The average molecular weight is 277 g/mol. The smallest absolute Gasteiger partial charge is 0.317 e. The molecule has 0 saturated carbocycles. The molecule has 1 aromatic rings. The van der Waals surface area contributed by atoms with E-state index in [1.54, 1.807) is 0 Å². The molecular weight excluding hydrogens is 250 g/mol. The summed E-state index contributed by atoms with van der Waals surface area (Å²) in [4.78, 5) is 16.1. The van der Waals surface area contributed by atoms with Crippen LogP contribution in [-0.4, -0.2) is 55.6 Å². The molecule has 4 heteroatoms. The lowest BCUT2D eigenvalue weighted by atomic mass is 10.1. The average Bonchev–Trinajstić information content (AvgIpc) is 2.40. The number of hydrogen-bond acceptors (Lipinski definition) is 2. The second kappa shape index (κ2) is 8.59. The fourth-order valence-corrected chi connectivity index (χ4v) is 2.28. The molecule has 0 aliphatic heterocycles. The predicted molar refractivity (Wildman–Crippen MR) is 83.9 cm³/mol. The maximum Gasteiger partial charge on any atom is 0.317 e. The minimum Gasteiger partial charge on any atom is -0.334 e. The topological polar surface area (TPSA) is 35.6 Å². The third kappa shape index (κ3) is 5.61. The van der Waals surface area contributed by atoms with Crippen molar-refractivity contribution in [1.82, 2.24) is 15.1 Å². The predicted octanol–water partition coefficient (Wildman–Crippen LogP) is 2.21. The highest BCUT2D eigenvalue weighted by molar-refractivity contribution is 5.74. The Morgan fingerprint density at radius 2 is 1.75 bits per heavy atom. The van der Waals surface area contributed by atoms with E-state index in [4.69, 9.17) is 0 Å². The first-order chi connectivity index (χ1) is 9.56. The maximum absolute atomic E-state index is 12.2. The summed E-state index contributed by atoms with van der Waals surface area (Å²) in [6.07, 6.45) is 0.853. The van der Waals surface area contributed by atoms with Gasteiger partial charge in [0, 0.05) is 25.7 Å². The molecule has 1 unspecified atom stereocenters. The standard InChI is InChI=1S/C16H27N3O/c1-5-19(6-2)16(20)17-15(13-18(3)4)12-14-10-8-7-9-11-14/h7-11,15H,5-6,12-13H2,1-4H3,(H,17,20). The zero-order chi connectivity index (χ0) is 15.0. The van der Waals surface area contributed by atoms with Crippen LogP contribution in [0.2, 0.25) is 0 Å². The summed E-state index contributed by atoms with van der Waals surface area (Å²) in [5, 5.41) is 3.14. The van der Waals surface area contributed by atoms with E-state index < -0.39 is 0 Å². The Hall–Kier alpha value is -1.55. The van der Waals surface area contributed by atoms with Gasteiger partial charge in [0.1, 0.15) is 0 Å². The van der Waals surface area contributed by atoms with E-state index in [2.05, 4.69) is 22.3 Å². The minimum atomic E-state index is 0.0257. The van der Waals surface area contributed by atoms with Crippen LogP contribution in [0.5, 0.6) is 0 Å². The van der Waals surface area contributed by atoms with Gasteiger partial charge in [-0.05, 0) is 39.9 Å². The number of hydrogen-bond donors (Lipinski definition) is 1. The molecule has 0 radical (unpaired) electrons. The van der Waals surface area contributed by atoms with Crippen molar-refractivity contribution in [3.8, 4) is 0 Å². The minimum absolute atomic E-state index is 0.0257. The van der Waals surface area contributed by atoms with Crippen molar-refractivity contribution in [3.63, 3.8) is 0 Å². The number of carbonyl (C=O) groups is 1. The van der Waals surface area contributed by atoms with Crippen molar-refractivity contribution in [2.45, 2.75) is 26.3 Å². The van der Waals surface area contributed by atoms with E-state index in [1.807, 2.05) is 51.0 Å². The molecule has 2 amide bonds. The SMILES string of the molecule is CCN(CC)C(=O)NC(Cc1ccccc1)CN(C)C. The van der Waals surface area contributed by atoms with Crippen LogP contribution in [-0.2, 0) is 6.42 Å². The number of carbonyl (C=O) groups excluding carboxylic acids is 1. The Bertz CT molecular complexity index is 388. The van der Waals surface area contributed by atoms with Gasteiger partial charge in [-0.25, -0.2) is 4.79 Å². The molecule has 0 aliphatic carbocycles. The van der Waals surface area contributed by atoms with E-state index >= 15 is 0 Å². The van der Waals surface area contributed by atoms with Crippen molar-refractivity contribution in [3.05, 3.63) is 35.9 Å². The second-order valence-corrected chi connectivity index (χ2v) is 5.27. The molecule has 0 aromatic heterocycles. The van der Waals surface area contributed by atoms with E-state index in [-0.39, 0.29) is 12.1 Å². The first-order valence-electron chi connectivity index (χ1n) is 7.30. The Balaban J connectivity index is 2.67. The number of nitrogens with one attached hydrogen (secondary N) is 1. The zero-order valence-electron chi connectivity index (χ0n) is 13.1. The molecule has 0 fully saturated rings. The van der Waals surface area contributed by atoms with Crippen LogP contribution in [0.25, 0.3) is 0 Å². The van der Waals surface area contributed by atoms with Crippen molar-refractivity contribution < 1.29 is 4.79 Å². The van der Waals surface area contributed by atoms with Gasteiger partial charge in [-0.2, -0.15) is 0 Å². The number of rotatable bonds is 7. The van der Waals surface area contributed by atoms with Crippen molar-refractivity contribution in [2.75, 3.05) is 33.7 Å². The van der Waals surface area contributed by atoms with Gasteiger partial charge in [-0.15, -0.1) is 0 Å². The molecule has 1 aromatic carbocycles. The fourth-order valence-electron chi connectivity index (χ4n) is 2.28. The fraction of sp³-hybridized carbons (Fsp3) is 0.562. The van der Waals surface area contributed by atoms with Crippen LogP contribution in [0.1, 0.15) is 19.4 Å². The molecule has 0 spiro atoms. The summed E-state index contributed by atoms with van der Waals surface area (Å²) >= 11 is 0. The lowest BCUT2D eigenvalue weighted by Crippen LogP contribution is -2.49. The highest BCUT2D eigenvalue weighted by Crippen LogP contribution is 2.05. The molecular formula is C16H27N3O. The summed E-state index contributed by atoms with van der Waals surface area (Å²) in [5.74, 6) is 0. The highest BCUT2D eigenvalue weighted by Gasteiger charge is 2.17. The summed E-state index contributed by atoms with van der Waals surface area (Å²) < 4.78 is 0. The first kappa shape index (κ1) is 16.5. The van der Waals surface area contributed by atoms with Gasteiger partial charge in [0.15, 0.2) is 0 Å². The molecule has 0 aliphatic rings. The van der Waals surface area contributed by atoms with E-state index in [9.17, 15) is 4.79 Å². The number of amides is 2. The lowest BCUT2D eigenvalue weighted by Gasteiger charge is -2.26. The Morgan fingerprint density at radius 1 is 1.15 bits per heavy atom. The van der Waals surface area contributed by atoms with Crippen LogP contribution >= 0.6 is 0 Å². The Kier molecular flexibility index (Phi) is 7.09. The monoisotopic (exact) mass is 277 g/mol. The Labute approximate surface area is 122 Å². The normalized spacial score (nSPS) is 12.2. The second-order valence-electron chi connectivity index (χ2n) is 5.27. The van der Waals surface area contributed by atoms with Gasteiger partial charge in [-0.1, -0.05) is 30.3 Å². The van der Waals surface area contributed by atoms with Crippen LogP contribution < -0.4 is 5.32 Å². The van der Waals surface area contributed by atoms with E-state index in [0.29, 0.717) is 0 Å². The van der Waals surface area contributed by atoms with Gasteiger partial charge in [0.2, 0.25) is 0 Å². The van der Waals surface area contributed by atoms with Crippen molar-refractivity contribution in [1.29, 1.82) is 0 Å². The van der Waals surface area contributed by atoms with Crippen molar-refractivity contribution in [2.24, 2.45) is 0 Å². The third-order valence-corrected chi connectivity index (χ3v) is 3.29. The van der Waals surface area contributed by atoms with Crippen LogP contribution in [0.3, 0.4) is 0 Å². The summed E-state index contributed by atoms with van der Waals surface area (Å²) in [7, 11) is 4.06. The van der Waals surface area contributed by atoms with Crippen LogP contribution in [0.4, 0.5) is 4.79 Å². The summed E-state index contributed by atoms with van der Waals surface area (Å²) in [6.45, 7) is 6.31. The summed E-state index contributed by atoms with van der Waals surface area (Å²) in [6, 6.07) is 10.4. The highest BCUT2D eigenvalue weighted by atomic mass is 16.2. The molecule has 4 nitrogen and oxygen atoms in total. The van der Waals surface area contributed by atoms with Gasteiger partial charge < -0.3 is 15.1 Å². The van der Waals surface area contributed by atoms with Gasteiger partial charge in [0.25, 0.3) is 0 Å². The van der Waals surface area contributed by atoms with E-state index in [0.717, 1.165) is 26.1 Å². The first-order valence-corrected chi connectivity index (χ1v) is 7.30. The van der Waals surface area contributed by atoms with Gasteiger partial charge in [0.05, 0.1) is 0 Å². The summed E-state index contributed by atoms with van der Waals surface area (Å²) in [5.41, 5.74) is 1.25. The number of nitrogens with zero attached hydrogens (tertiary/aromatic N) is 2. The number of likely N-dealkylation sites (N-methyl/N-ethyl adjacent to an activating group) is 1. The van der Waals surface area contributed by atoms with Crippen LogP contribution in [0, 0.1) is 0 Å². The molecule has 0 heterocycles. The quantitative estimate of drug-likeness (QED) is 0.829. The van der Waals surface area contributed by atoms with Crippen molar-refractivity contribution >= 4 is 6.03 Å². The Morgan fingerprint density at radius 3 is 2.25 bits per heavy atom. The zero-order valence-corrected chi connectivity index (χ0v) is 13.1. The molecule has 112 valence electrons. The molecule has 1 rings (SSSR count). The molecule has 20 heavy (non-hydrogen) atoms. The lowest BCUT2D eigenvalue weighted by molar-refractivity contribution is 0.195. The molecule has 1 atom stereocenters. The molecule has 0 saturated heterocycles. The number of benzene rings is 1. The largest absolute Gasteiger partial charge is 0.334 e. The van der Waals surface area contributed by atoms with Gasteiger partial charge in [-0.3, -0.25) is 0 Å². The molecule has 0 bridgehead atoms. The number of urea groups is 1.